The summed E-state index contributed by atoms with van der Waals surface area (Å²) in [6.45, 7) is 0. The lowest BCUT2D eigenvalue weighted by molar-refractivity contribution is 0.0873. The highest BCUT2D eigenvalue weighted by atomic mass is 127. The van der Waals surface area contributed by atoms with Crippen LogP contribution in [-0.4, -0.2) is 5.11 Å². The first kappa shape index (κ1) is 10.9. The molecule has 1 saturated carbocycles. The van der Waals surface area contributed by atoms with Crippen LogP contribution in [0, 0.1) is 9.49 Å². The fourth-order valence-corrected chi connectivity index (χ4v) is 4.17. The Labute approximate surface area is 103 Å². The molecule has 3 heteroatoms. The predicted octanol–water partition coefficient (Wildman–Crippen LogP) is 3.97. The third kappa shape index (κ3) is 2.31. The van der Waals surface area contributed by atoms with Crippen molar-refractivity contribution in [3.05, 3.63) is 19.9 Å². The first-order chi connectivity index (χ1) is 6.79. The summed E-state index contributed by atoms with van der Waals surface area (Å²) in [7, 11) is 0. The van der Waals surface area contributed by atoms with Crippen LogP contribution < -0.4 is 0 Å². The Balaban J connectivity index is 2.07. The summed E-state index contributed by atoms with van der Waals surface area (Å²) >= 11 is 4.01. The summed E-state index contributed by atoms with van der Waals surface area (Å²) in [5, 5.41) is 12.3. The van der Waals surface area contributed by atoms with Crippen LogP contribution in [0.15, 0.2) is 11.4 Å². The molecule has 1 aromatic heterocycles. The van der Waals surface area contributed by atoms with Gasteiger partial charge in [0.1, 0.15) is 0 Å². The number of aliphatic hydroxyl groups excluding tert-OH is 1. The Morgan fingerprint density at radius 3 is 2.64 bits per heavy atom. The van der Waals surface area contributed by atoms with Crippen molar-refractivity contribution in [2.75, 3.05) is 0 Å². The molecule has 1 unspecified atom stereocenters. The van der Waals surface area contributed by atoms with Gasteiger partial charge in [0.25, 0.3) is 0 Å². The molecular weight excluding hydrogens is 307 g/mol. The van der Waals surface area contributed by atoms with Crippen molar-refractivity contribution in [1.82, 2.24) is 0 Å². The molecule has 0 radical (unpaired) electrons. The third-order valence-corrected chi connectivity index (χ3v) is 5.30. The Hall–Kier alpha value is 0.390. The monoisotopic (exact) mass is 322 g/mol. The highest BCUT2D eigenvalue weighted by Gasteiger charge is 2.25. The van der Waals surface area contributed by atoms with Crippen LogP contribution in [0.1, 0.15) is 43.1 Å². The molecule has 1 aromatic rings. The van der Waals surface area contributed by atoms with Crippen molar-refractivity contribution in [1.29, 1.82) is 0 Å². The molecule has 1 nitrogen and oxygen atoms in total. The van der Waals surface area contributed by atoms with E-state index in [1.165, 1.54) is 40.6 Å². The van der Waals surface area contributed by atoms with E-state index in [1.807, 2.05) is 0 Å². The van der Waals surface area contributed by atoms with Crippen molar-refractivity contribution in [3.63, 3.8) is 0 Å². The van der Waals surface area contributed by atoms with E-state index in [-0.39, 0.29) is 6.10 Å². The van der Waals surface area contributed by atoms with Crippen LogP contribution in [0.2, 0.25) is 0 Å². The summed E-state index contributed by atoms with van der Waals surface area (Å²) in [6, 6.07) is 2.09. The van der Waals surface area contributed by atoms with Crippen molar-refractivity contribution in [2.24, 2.45) is 5.92 Å². The molecule has 1 heterocycles. The van der Waals surface area contributed by atoms with Gasteiger partial charge >= 0.3 is 0 Å². The summed E-state index contributed by atoms with van der Waals surface area (Å²) in [4.78, 5) is 1.18. The van der Waals surface area contributed by atoms with Crippen LogP contribution >= 0.6 is 33.9 Å². The van der Waals surface area contributed by atoms with Crippen LogP contribution in [0.25, 0.3) is 0 Å². The van der Waals surface area contributed by atoms with Gasteiger partial charge in [-0.3, -0.25) is 0 Å². The lowest BCUT2D eigenvalue weighted by Crippen LogP contribution is -2.15. The van der Waals surface area contributed by atoms with E-state index < -0.39 is 0 Å². The van der Waals surface area contributed by atoms with Gasteiger partial charge in [-0.1, -0.05) is 19.3 Å². The van der Waals surface area contributed by atoms with Gasteiger partial charge in [0.15, 0.2) is 0 Å². The zero-order chi connectivity index (χ0) is 9.97. The van der Waals surface area contributed by atoms with Gasteiger partial charge in [-0.05, 0) is 52.8 Å². The van der Waals surface area contributed by atoms with Gasteiger partial charge in [-0.2, -0.15) is 0 Å². The van der Waals surface area contributed by atoms with Crippen LogP contribution in [-0.2, 0) is 0 Å². The Bertz CT molecular complexity index is 291. The van der Waals surface area contributed by atoms with Crippen LogP contribution in [0.3, 0.4) is 0 Å². The highest BCUT2D eigenvalue weighted by molar-refractivity contribution is 14.1. The molecule has 1 N–H and O–H groups in total. The van der Waals surface area contributed by atoms with E-state index in [2.05, 4.69) is 34.0 Å². The van der Waals surface area contributed by atoms with E-state index in [9.17, 15) is 5.11 Å². The second kappa shape index (κ2) is 4.94. The van der Waals surface area contributed by atoms with E-state index in [0.717, 1.165) is 0 Å². The van der Waals surface area contributed by atoms with Gasteiger partial charge in [-0.15, -0.1) is 11.3 Å². The maximum absolute atomic E-state index is 10.2. The van der Waals surface area contributed by atoms with Gasteiger partial charge in [0.05, 0.1) is 6.10 Å². The molecule has 0 aromatic carbocycles. The largest absolute Gasteiger partial charge is 0.387 e. The van der Waals surface area contributed by atoms with Crippen molar-refractivity contribution >= 4 is 33.9 Å². The van der Waals surface area contributed by atoms with Gasteiger partial charge < -0.3 is 5.11 Å². The maximum Gasteiger partial charge on any atom is 0.0920 e. The van der Waals surface area contributed by atoms with E-state index in [0.29, 0.717) is 5.92 Å². The van der Waals surface area contributed by atoms with Crippen molar-refractivity contribution in [2.45, 2.75) is 38.2 Å². The number of halogens is 1. The molecule has 0 saturated heterocycles. The molecule has 14 heavy (non-hydrogen) atoms. The number of aliphatic hydroxyl groups is 1. The second-order valence-corrected chi connectivity index (χ2v) is 6.09. The zero-order valence-electron chi connectivity index (χ0n) is 8.08. The van der Waals surface area contributed by atoms with Gasteiger partial charge in [0.2, 0.25) is 0 Å². The summed E-state index contributed by atoms with van der Waals surface area (Å²) < 4.78 is 1.23. The lowest BCUT2D eigenvalue weighted by Gasteiger charge is -2.26. The molecule has 1 aliphatic rings. The van der Waals surface area contributed by atoms with Crippen molar-refractivity contribution in [3.8, 4) is 0 Å². The minimum Gasteiger partial charge on any atom is -0.387 e. The summed E-state index contributed by atoms with van der Waals surface area (Å²) in [5.41, 5.74) is 0. The zero-order valence-corrected chi connectivity index (χ0v) is 11.1. The number of thiophene rings is 1. The molecular formula is C11H15IOS. The molecule has 0 bridgehead atoms. The van der Waals surface area contributed by atoms with Crippen molar-refractivity contribution < 1.29 is 5.11 Å². The quantitative estimate of drug-likeness (QED) is 0.817. The number of hydrogen-bond acceptors (Lipinski definition) is 2. The number of hydrogen-bond donors (Lipinski definition) is 1. The smallest absolute Gasteiger partial charge is 0.0920 e. The topological polar surface area (TPSA) is 20.2 Å². The van der Waals surface area contributed by atoms with Gasteiger partial charge in [0, 0.05) is 8.45 Å². The Morgan fingerprint density at radius 1 is 1.36 bits per heavy atom. The molecule has 2 rings (SSSR count). The average Bonchev–Trinajstić information content (AvgIpc) is 2.65. The van der Waals surface area contributed by atoms with E-state index >= 15 is 0 Å². The normalized spacial score (nSPS) is 21.0. The predicted molar refractivity (Wildman–Crippen MR) is 68.6 cm³/mol. The molecule has 1 aliphatic carbocycles. The number of rotatable bonds is 2. The van der Waals surface area contributed by atoms with Gasteiger partial charge in [-0.25, -0.2) is 0 Å². The average molecular weight is 322 g/mol. The fourth-order valence-electron chi connectivity index (χ4n) is 2.18. The standard InChI is InChI=1S/C11H15IOS/c12-9-6-7-14-11(9)10(13)8-4-2-1-3-5-8/h6-8,10,13H,1-5H2. The minimum atomic E-state index is -0.206. The summed E-state index contributed by atoms with van der Waals surface area (Å²) in [5.74, 6) is 0.510. The molecule has 0 spiro atoms. The Morgan fingerprint density at radius 2 is 2.07 bits per heavy atom. The van der Waals surface area contributed by atoms with E-state index in [1.54, 1.807) is 11.3 Å². The molecule has 78 valence electrons. The van der Waals surface area contributed by atoms with Crippen LogP contribution in [0.4, 0.5) is 0 Å². The van der Waals surface area contributed by atoms with Crippen LogP contribution in [0.5, 0.6) is 0 Å². The fraction of sp³-hybridized carbons (Fsp3) is 0.636. The SMILES string of the molecule is OC(c1sccc1I)C1CCCCC1. The Kier molecular flexibility index (Phi) is 3.85. The summed E-state index contributed by atoms with van der Waals surface area (Å²) in [6.07, 6.45) is 6.14. The minimum absolute atomic E-state index is 0.206. The molecule has 1 fully saturated rings. The highest BCUT2D eigenvalue weighted by Crippen LogP contribution is 2.37. The molecule has 0 aliphatic heterocycles. The molecule has 1 atom stereocenters. The second-order valence-electron chi connectivity index (χ2n) is 3.98. The first-order valence-corrected chi connectivity index (χ1v) is 7.16. The first-order valence-electron chi connectivity index (χ1n) is 5.20. The lowest BCUT2D eigenvalue weighted by atomic mass is 9.85. The molecule has 0 amide bonds. The van der Waals surface area contributed by atoms with E-state index in [4.69, 9.17) is 0 Å². The third-order valence-electron chi connectivity index (χ3n) is 3.01. The maximum atomic E-state index is 10.2.